The van der Waals surface area contributed by atoms with E-state index in [4.69, 9.17) is 4.74 Å². The van der Waals surface area contributed by atoms with Crippen LogP contribution in [0.15, 0.2) is 108 Å². The minimum atomic E-state index is -1.34. The number of carbonyl (C=O) groups excluding carboxylic acids is 3. The van der Waals surface area contributed by atoms with Crippen molar-refractivity contribution in [3.05, 3.63) is 130 Å². The monoisotopic (exact) mass is 604 g/mol. The molecule has 1 saturated heterocycles. The number of methoxy groups -OCH3 is 1. The molecule has 1 N–H and O–H groups in total. The van der Waals surface area contributed by atoms with Crippen LogP contribution >= 0.6 is 15.9 Å². The zero-order chi connectivity index (χ0) is 28.3. The Morgan fingerprint density at radius 2 is 1.51 bits per heavy atom. The molecule has 4 atom stereocenters. The minimum Gasteiger partial charge on any atom is -0.497 e. The van der Waals surface area contributed by atoms with Crippen molar-refractivity contribution in [2.24, 2.45) is 5.92 Å². The molecule has 0 bridgehead atoms. The summed E-state index contributed by atoms with van der Waals surface area (Å²) in [6, 6.07) is 27.8. The summed E-state index contributed by atoms with van der Waals surface area (Å²) in [6.07, 6.45) is 3.97. The molecular weight excluding hydrogens is 580 g/mol. The molecule has 1 fully saturated rings. The van der Waals surface area contributed by atoms with E-state index in [1.165, 1.54) is 0 Å². The Morgan fingerprint density at radius 1 is 0.854 bits per heavy atom. The summed E-state index contributed by atoms with van der Waals surface area (Å²) in [7, 11) is 1.57. The molecule has 41 heavy (non-hydrogen) atoms. The molecule has 202 valence electrons. The number of Topliss-reactive ketones (excluding diaryl/α,β-unsaturated/α-hetero) is 2. The maximum absolute atomic E-state index is 14.8. The molecule has 1 spiro atoms. The number of halogens is 1. The van der Waals surface area contributed by atoms with Gasteiger partial charge in [-0.2, -0.15) is 0 Å². The highest BCUT2D eigenvalue weighted by molar-refractivity contribution is 9.10. The number of hydrogen-bond donors (Lipinski definition) is 1. The van der Waals surface area contributed by atoms with Gasteiger partial charge in [0.15, 0.2) is 11.6 Å². The predicted octanol–water partition coefficient (Wildman–Crippen LogP) is 6.31. The fourth-order valence-electron chi connectivity index (χ4n) is 6.84. The van der Waals surface area contributed by atoms with Crippen molar-refractivity contribution in [3.63, 3.8) is 0 Å². The van der Waals surface area contributed by atoms with Gasteiger partial charge in [-0.3, -0.25) is 14.4 Å². The van der Waals surface area contributed by atoms with E-state index in [9.17, 15) is 14.4 Å². The highest BCUT2D eigenvalue weighted by Crippen LogP contribution is 2.58. The summed E-state index contributed by atoms with van der Waals surface area (Å²) in [5.74, 6) is -1.17. The van der Waals surface area contributed by atoms with Gasteiger partial charge in [-0.15, -0.1) is 0 Å². The lowest BCUT2D eigenvalue weighted by Crippen LogP contribution is -2.51. The van der Waals surface area contributed by atoms with Gasteiger partial charge >= 0.3 is 0 Å². The smallest absolute Gasteiger partial charge is 0.238 e. The van der Waals surface area contributed by atoms with Crippen LogP contribution in [0.2, 0.25) is 0 Å². The van der Waals surface area contributed by atoms with Crippen molar-refractivity contribution < 1.29 is 19.1 Å². The Labute approximate surface area is 245 Å². The summed E-state index contributed by atoms with van der Waals surface area (Å²) >= 11 is 3.46. The second-order valence-corrected chi connectivity index (χ2v) is 11.4. The highest BCUT2D eigenvalue weighted by Gasteiger charge is 2.70. The summed E-state index contributed by atoms with van der Waals surface area (Å²) in [5, 5.41) is 3.06. The van der Waals surface area contributed by atoms with Crippen LogP contribution in [0.1, 0.15) is 31.8 Å². The quantitative estimate of drug-likeness (QED) is 0.270. The van der Waals surface area contributed by atoms with Gasteiger partial charge < -0.3 is 15.0 Å². The second-order valence-electron chi connectivity index (χ2n) is 10.5. The van der Waals surface area contributed by atoms with Crippen molar-refractivity contribution in [3.8, 4) is 5.75 Å². The van der Waals surface area contributed by atoms with Gasteiger partial charge in [-0.05, 0) is 59.7 Å². The van der Waals surface area contributed by atoms with Crippen LogP contribution in [0.25, 0.3) is 6.08 Å². The summed E-state index contributed by atoms with van der Waals surface area (Å²) in [6.45, 7) is 0. The van der Waals surface area contributed by atoms with Crippen LogP contribution in [0, 0.1) is 5.92 Å². The third-order valence-electron chi connectivity index (χ3n) is 8.60. The van der Waals surface area contributed by atoms with E-state index < -0.39 is 23.4 Å². The molecule has 4 aromatic carbocycles. The second kappa shape index (κ2) is 9.56. The number of hydrogen-bond acceptors (Lipinski definition) is 5. The molecule has 0 saturated carbocycles. The maximum atomic E-state index is 14.8. The Bertz CT molecular complexity index is 1750. The van der Waals surface area contributed by atoms with Crippen LogP contribution in [0.5, 0.6) is 5.75 Å². The zero-order valence-electron chi connectivity index (χ0n) is 22.1. The average molecular weight is 605 g/mol. The summed E-state index contributed by atoms with van der Waals surface area (Å²) in [5.41, 5.74) is 2.68. The molecule has 7 heteroatoms. The SMILES string of the molecule is COc1ccc(C(=O)[C@@H]2[C@@H](C(=O)c3ccc(Br)cc3)N3c4ccccc4C=C[C@@H]3[C@]23C(=O)Nc2ccccc23)cc1. The van der Waals surface area contributed by atoms with E-state index >= 15 is 0 Å². The summed E-state index contributed by atoms with van der Waals surface area (Å²) in [4.78, 5) is 45.8. The number of fused-ring (bicyclic) bond motifs is 6. The summed E-state index contributed by atoms with van der Waals surface area (Å²) < 4.78 is 6.17. The number of amides is 1. The predicted molar refractivity (Wildman–Crippen MR) is 162 cm³/mol. The van der Waals surface area contributed by atoms with Crippen LogP contribution in [-0.2, 0) is 10.2 Å². The average Bonchev–Trinajstić information content (AvgIpc) is 3.49. The van der Waals surface area contributed by atoms with Gasteiger partial charge in [0, 0.05) is 27.0 Å². The van der Waals surface area contributed by atoms with Crippen molar-refractivity contribution in [1.29, 1.82) is 0 Å². The van der Waals surface area contributed by atoms with E-state index in [0.717, 1.165) is 21.3 Å². The first-order chi connectivity index (χ1) is 19.9. The first-order valence-corrected chi connectivity index (χ1v) is 14.2. The highest BCUT2D eigenvalue weighted by atomic mass is 79.9. The van der Waals surface area contributed by atoms with E-state index in [0.29, 0.717) is 22.6 Å². The lowest BCUT2D eigenvalue weighted by atomic mass is 9.64. The molecule has 3 aliphatic rings. The molecule has 0 radical (unpaired) electrons. The number of nitrogens with zero attached hydrogens (tertiary/aromatic N) is 1. The van der Waals surface area contributed by atoms with Gasteiger partial charge in [0.2, 0.25) is 5.91 Å². The topological polar surface area (TPSA) is 75.7 Å². The van der Waals surface area contributed by atoms with Gasteiger partial charge in [0.25, 0.3) is 0 Å². The third kappa shape index (κ3) is 3.65. The van der Waals surface area contributed by atoms with Gasteiger partial charge in [-0.25, -0.2) is 0 Å². The zero-order valence-corrected chi connectivity index (χ0v) is 23.7. The lowest BCUT2D eigenvalue weighted by Gasteiger charge is -2.37. The maximum Gasteiger partial charge on any atom is 0.238 e. The normalized spacial score (nSPS) is 23.5. The van der Waals surface area contributed by atoms with Crippen molar-refractivity contribution in [1.82, 2.24) is 0 Å². The molecule has 3 aliphatic heterocycles. The number of anilines is 2. The van der Waals surface area contributed by atoms with Gasteiger partial charge in [0.1, 0.15) is 17.2 Å². The Kier molecular flexibility index (Phi) is 5.94. The van der Waals surface area contributed by atoms with E-state index in [-0.39, 0.29) is 17.5 Å². The van der Waals surface area contributed by atoms with Crippen molar-refractivity contribution in [2.45, 2.75) is 17.5 Å². The fraction of sp³-hybridized carbons (Fsp3) is 0.147. The Morgan fingerprint density at radius 3 is 2.27 bits per heavy atom. The van der Waals surface area contributed by atoms with E-state index in [1.54, 1.807) is 43.5 Å². The molecule has 0 aliphatic carbocycles. The number of benzene rings is 4. The van der Waals surface area contributed by atoms with Crippen molar-refractivity contribution >= 4 is 50.9 Å². The minimum absolute atomic E-state index is 0.214. The molecular formula is C34H25BrN2O4. The van der Waals surface area contributed by atoms with Crippen LogP contribution in [0.4, 0.5) is 11.4 Å². The Balaban J connectivity index is 1.52. The van der Waals surface area contributed by atoms with Crippen LogP contribution in [-0.4, -0.2) is 36.7 Å². The van der Waals surface area contributed by atoms with Gasteiger partial charge in [-0.1, -0.05) is 76.6 Å². The third-order valence-corrected chi connectivity index (χ3v) is 9.12. The number of para-hydroxylation sites is 2. The Hall–Kier alpha value is -4.49. The molecule has 0 aromatic heterocycles. The standard InChI is InChI=1S/C34H25BrN2O4/c1-41-24-17-12-21(13-18-24)31(38)29-30(32(39)22-10-15-23(35)16-11-22)37-27-9-5-2-6-20(27)14-19-28(37)34(29)25-7-3-4-8-26(25)36-33(34)40/h2-19,28-30H,1H3,(H,36,40)/t28-,29+,30+,34+/m1/s1. The molecule has 0 unspecified atom stereocenters. The van der Waals surface area contributed by atoms with Crippen LogP contribution < -0.4 is 15.0 Å². The number of ketones is 2. The molecule has 7 rings (SSSR count). The first kappa shape index (κ1) is 25.5. The number of nitrogens with one attached hydrogen (secondary N) is 1. The number of ether oxygens (including phenoxy) is 1. The molecule has 4 aromatic rings. The molecule has 3 heterocycles. The molecule has 6 nitrogen and oxygen atoms in total. The van der Waals surface area contributed by atoms with Gasteiger partial charge in [0.05, 0.1) is 19.1 Å². The molecule has 1 amide bonds. The van der Waals surface area contributed by atoms with Crippen LogP contribution in [0.3, 0.4) is 0 Å². The largest absolute Gasteiger partial charge is 0.497 e. The lowest BCUT2D eigenvalue weighted by molar-refractivity contribution is -0.121. The number of rotatable bonds is 5. The van der Waals surface area contributed by atoms with E-state index in [2.05, 4.69) is 21.2 Å². The number of carbonyl (C=O) groups is 3. The van der Waals surface area contributed by atoms with Crippen molar-refractivity contribution in [2.75, 3.05) is 17.3 Å². The van der Waals surface area contributed by atoms with E-state index in [1.807, 2.05) is 77.7 Å². The fourth-order valence-corrected chi connectivity index (χ4v) is 7.10. The first-order valence-electron chi connectivity index (χ1n) is 13.4.